The van der Waals surface area contributed by atoms with Gasteiger partial charge < -0.3 is 19.8 Å². The fourth-order valence-electron chi connectivity index (χ4n) is 4.44. The molecule has 0 saturated carbocycles. The molecule has 164 valence electrons. The van der Waals surface area contributed by atoms with E-state index in [-0.39, 0.29) is 23.4 Å². The second-order valence-electron chi connectivity index (χ2n) is 9.17. The molecule has 2 aromatic heterocycles. The van der Waals surface area contributed by atoms with Gasteiger partial charge in [0.15, 0.2) is 0 Å². The number of allylic oxidation sites excluding steroid dienone is 1. The summed E-state index contributed by atoms with van der Waals surface area (Å²) in [6.07, 6.45) is 7.14. The van der Waals surface area contributed by atoms with Gasteiger partial charge in [-0.2, -0.15) is 10.4 Å². The summed E-state index contributed by atoms with van der Waals surface area (Å²) in [5.74, 6) is 0.326. The molecule has 2 aliphatic rings. The fraction of sp³-hybridized carbons (Fsp3) is 0.375. The van der Waals surface area contributed by atoms with E-state index in [0.29, 0.717) is 18.1 Å². The van der Waals surface area contributed by atoms with Crippen LogP contribution in [0.25, 0.3) is 5.69 Å². The average Bonchev–Trinajstić information content (AvgIpc) is 3.52. The van der Waals surface area contributed by atoms with Crippen molar-refractivity contribution < 1.29 is 9.47 Å². The van der Waals surface area contributed by atoms with Crippen LogP contribution in [-0.4, -0.2) is 25.9 Å². The molecule has 3 aromatic rings. The number of benzene rings is 1. The van der Waals surface area contributed by atoms with E-state index in [2.05, 4.69) is 31.8 Å². The number of rotatable bonds is 3. The van der Waals surface area contributed by atoms with Crippen LogP contribution in [0.1, 0.15) is 62.5 Å². The van der Waals surface area contributed by atoms with Crippen molar-refractivity contribution in [3.8, 4) is 17.6 Å². The smallest absolute Gasteiger partial charge is 0.224 e. The molecule has 2 unspecified atom stereocenters. The number of imidazole rings is 1. The molecule has 0 bridgehead atoms. The molecule has 8 heteroatoms. The van der Waals surface area contributed by atoms with Gasteiger partial charge in [-0.15, -0.1) is 0 Å². The van der Waals surface area contributed by atoms with Gasteiger partial charge in [0.2, 0.25) is 11.8 Å². The van der Waals surface area contributed by atoms with Crippen LogP contribution in [0.3, 0.4) is 0 Å². The van der Waals surface area contributed by atoms with E-state index in [0.717, 1.165) is 35.3 Å². The molecule has 1 aromatic carbocycles. The molecular weight excluding hydrogens is 404 g/mol. The van der Waals surface area contributed by atoms with Gasteiger partial charge in [0, 0.05) is 24.7 Å². The number of nitrogens with zero attached hydrogens (tertiary/aromatic N) is 5. The zero-order valence-electron chi connectivity index (χ0n) is 18.4. The Morgan fingerprint density at radius 3 is 2.59 bits per heavy atom. The first kappa shape index (κ1) is 20.3. The van der Waals surface area contributed by atoms with E-state index in [4.69, 9.17) is 20.3 Å². The Kier molecular flexibility index (Phi) is 4.79. The third-order valence-corrected chi connectivity index (χ3v) is 5.98. The summed E-state index contributed by atoms with van der Waals surface area (Å²) in [5, 5.41) is 15.0. The molecule has 8 nitrogen and oxygen atoms in total. The van der Waals surface area contributed by atoms with Crippen LogP contribution < -0.4 is 10.5 Å². The van der Waals surface area contributed by atoms with Gasteiger partial charge in [0.25, 0.3) is 0 Å². The van der Waals surface area contributed by atoms with Gasteiger partial charge in [-0.1, -0.05) is 12.1 Å². The molecule has 2 N–H and O–H groups in total. The minimum atomic E-state index is -0.379. The van der Waals surface area contributed by atoms with Crippen LogP contribution in [0, 0.1) is 11.3 Å². The molecule has 0 spiro atoms. The quantitative estimate of drug-likeness (QED) is 0.676. The number of ether oxygens (including phenoxy) is 2. The summed E-state index contributed by atoms with van der Waals surface area (Å²) in [6, 6.07) is 10.4. The number of aromatic nitrogens is 4. The van der Waals surface area contributed by atoms with Gasteiger partial charge >= 0.3 is 0 Å². The van der Waals surface area contributed by atoms with Crippen molar-refractivity contribution in [2.24, 2.45) is 5.73 Å². The summed E-state index contributed by atoms with van der Waals surface area (Å²) in [5.41, 5.74) is 9.95. The highest BCUT2D eigenvalue weighted by Gasteiger charge is 2.41. The first-order chi connectivity index (χ1) is 15.4. The Bertz CT molecular complexity index is 1200. The largest absolute Gasteiger partial charge is 0.422 e. The van der Waals surface area contributed by atoms with Crippen molar-refractivity contribution in [3.05, 3.63) is 71.3 Å². The highest BCUT2D eigenvalue weighted by molar-refractivity contribution is 5.57. The van der Waals surface area contributed by atoms with Crippen molar-refractivity contribution in [3.63, 3.8) is 0 Å². The summed E-state index contributed by atoms with van der Waals surface area (Å²) in [7, 11) is 0. The molecule has 0 aliphatic carbocycles. The Morgan fingerprint density at radius 1 is 1.22 bits per heavy atom. The third kappa shape index (κ3) is 3.26. The van der Waals surface area contributed by atoms with Gasteiger partial charge in [-0.3, -0.25) is 0 Å². The number of nitrogens with two attached hydrogens (primary N) is 1. The van der Waals surface area contributed by atoms with Crippen LogP contribution in [0.4, 0.5) is 0 Å². The van der Waals surface area contributed by atoms with Crippen LogP contribution >= 0.6 is 0 Å². The summed E-state index contributed by atoms with van der Waals surface area (Å²) >= 11 is 0. The molecular formula is C24H26N6O2. The van der Waals surface area contributed by atoms with Gasteiger partial charge in [0.05, 0.1) is 29.0 Å². The van der Waals surface area contributed by atoms with Crippen molar-refractivity contribution in [2.45, 2.75) is 51.2 Å². The van der Waals surface area contributed by atoms with Gasteiger partial charge in [0.1, 0.15) is 17.7 Å². The molecule has 5 rings (SSSR count). The lowest BCUT2D eigenvalue weighted by Crippen LogP contribution is -2.27. The minimum absolute atomic E-state index is 0.118. The number of hydrogen-bond donors (Lipinski definition) is 1. The number of hydrogen-bond acceptors (Lipinski definition) is 6. The zero-order valence-corrected chi connectivity index (χ0v) is 18.4. The first-order valence-electron chi connectivity index (χ1n) is 10.8. The summed E-state index contributed by atoms with van der Waals surface area (Å²) < 4.78 is 15.8. The van der Waals surface area contributed by atoms with E-state index >= 15 is 0 Å². The minimum Gasteiger partial charge on any atom is -0.422 e. The molecule has 1 fully saturated rings. The topological polar surface area (TPSA) is 104 Å². The predicted octanol–water partition coefficient (Wildman–Crippen LogP) is 3.89. The fourth-order valence-corrected chi connectivity index (χ4v) is 4.44. The maximum absolute atomic E-state index is 10.0. The molecule has 0 radical (unpaired) electrons. The summed E-state index contributed by atoms with van der Waals surface area (Å²) in [4.78, 5) is 4.11. The second kappa shape index (κ2) is 7.53. The Morgan fingerprint density at radius 2 is 2.00 bits per heavy atom. The lowest BCUT2D eigenvalue weighted by molar-refractivity contribution is 0.106. The van der Waals surface area contributed by atoms with E-state index < -0.39 is 0 Å². The Labute approximate surface area is 186 Å². The standard InChI is InChI=1S/C24H26N6O2/c1-24(2,3)30-23-20(21(28-30)18-5-4-12-31-18)19(17(13-25)22(26)32-23)15-6-8-16(9-7-15)29-11-10-27-14-29/h6-11,14,18-19H,4-5,12,26H2,1-3H3. The SMILES string of the molecule is CC(C)(C)n1nc(C2CCCO2)c2c1OC(N)=C(C#N)C2c1ccc(-n2ccnc2)cc1. The highest BCUT2D eigenvalue weighted by atomic mass is 16.5. The number of fused-ring (bicyclic) bond motifs is 1. The van der Waals surface area contributed by atoms with E-state index in [1.54, 1.807) is 12.5 Å². The monoisotopic (exact) mass is 430 g/mol. The van der Waals surface area contributed by atoms with E-state index in [9.17, 15) is 5.26 Å². The van der Waals surface area contributed by atoms with Gasteiger partial charge in [-0.05, 0) is 51.3 Å². The Hall–Kier alpha value is -3.57. The first-order valence-corrected chi connectivity index (χ1v) is 10.8. The van der Waals surface area contributed by atoms with Crippen LogP contribution in [-0.2, 0) is 10.3 Å². The zero-order chi connectivity index (χ0) is 22.5. The van der Waals surface area contributed by atoms with Crippen molar-refractivity contribution in [2.75, 3.05) is 6.61 Å². The lowest BCUT2D eigenvalue weighted by atomic mass is 9.83. The van der Waals surface area contributed by atoms with Crippen LogP contribution in [0.15, 0.2) is 54.4 Å². The maximum Gasteiger partial charge on any atom is 0.224 e. The van der Waals surface area contributed by atoms with Crippen LogP contribution in [0.2, 0.25) is 0 Å². The third-order valence-electron chi connectivity index (χ3n) is 5.98. The molecule has 2 atom stereocenters. The molecule has 4 heterocycles. The van der Waals surface area contributed by atoms with Gasteiger partial charge in [-0.25, -0.2) is 9.67 Å². The maximum atomic E-state index is 10.0. The predicted molar refractivity (Wildman–Crippen MR) is 118 cm³/mol. The average molecular weight is 431 g/mol. The number of nitriles is 1. The molecule has 2 aliphatic heterocycles. The molecule has 0 amide bonds. The highest BCUT2D eigenvalue weighted by Crippen LogP contribution is 2.48. The Balaban J connectivity index is 1.69. The second-order valence-corrected chi connectivity index (χ2v) is 9.17. The summed E-state index contributed by atoms with van der Waals surface area (Å²) in [6.45, 7) is 6.91. The molecule has 32 heavy (non-hydrogen) atoms. The van der Waals surface area contributed by atoms with Crippen LogP contribution in [0.5, 0.6) is 5.88 Å². The van der Waals surface area contributed by atoms with Crippen molar-refractivity contribution in [1.82, 2.24) is 19.3 Å². The van der Waals surface area contributed by atoms with E-state index in [1.165, 1.54) is 0 Å². The molecule has 1 saturated heterocycles. The van der Waals surface area contributed by atoms with E-state index in [1.807, 2.05) is 39.7 Å². The normalized spacial score (nSPS) is 20.7. The van der Waals surface area contributed by atoms with Crippen molar-refractivity contribution in [1.29, 1.82) is 5.26 Å². The lowest BCUT2D eigenvalue weighted by Gasteiger charge is -2.28. The van der Waals surface area contributed by atoms with Crippen molar-refractivity contribution >= 4 is 0 Å².